The van der Waals surface area contributed by atoms with E-state index in [-0.39, 0.29) is 5.75 Å². The lowest BCUT2D eigenvalue weighted by Gasteiger charge is -2.09. The summed E-state index contributed by atoms with van der Waals surface area (Å²) in [6.07, 6.45) is 2.43. The standard InChI is InChI=1S/C20H16ClN3OS/c21-15-5-3-14(4-6-15)17-11-26-20-18(17)19(23-12-24-20)22-10-9-13-1-7-16(25)8-2-13/h1-8,11-12,25H,9-10H2,(H,22,23,24). The molecule has 0 aliphatic rings. The summed E-state index contributed by atoms with van der Waals surface area (Å²) in [5.41, 5.74) is 3.36. The van der Waals surface area contributed by atoms with Crippen molar-refractivity contribution in [3.8, 4) is 16.9 Å². The SMILES string of the molecule is Oc1ccc(CCNc2ncnc3scc(-c4ccc(Cl)cc4)c23)cc1. The van der Waals surface area contributed by atoms with Crippen LogP contribution in [0.15, 0.2) is 60.2 Å². The first-order valence-electron chi connectivity index (χ1n) is 8.20. The molecule has 0 radical (unpaired) electrons. The average molecular weight is 382 g/mol. The normalized spacial score (nSPS) is 11.0. The summed E-state index contributed by atoms with van der Waals surface area (Å²) in [4.78, 5) is 9.80. The van der Waals surface area contributed by atoms with Crippen LogP contribution in [0.1, 0.15) is 5.56 Å². The van der Waals surface area contributed by atoms with Gasteiger partial charge in [-0.15, -0.1) is 11.3 Å². The predicted octanol–water partition coefficient (Wildman–Crippen LogP) is 5.37. The predicted molar refractivity (Wildman–Crippen MR) is 108 cm³/mol. The van der Waals surface area contributed by atoms with E-state index in [0.717, 1.165) is 50.7 Å². The number of nitrogens with zero attached hydrogens (tertiary/aromatic N) is 2. The topological polar surface area (TPSA) is 58.0 Å². The highest BCUT2D eigenvalue weighted by molar-refractivity contribution is 7.17. The van der Waals surface area contributed by atoms with Crippen LogP contribution in [-0.2, 0) is 6.42 Å². The summed E-state index contributed by atoms with van der Waals surface area (Å²) in [5.74, 6) is 1.12. The molecule has 0 bridgehead atoms. The molecular weight excluding hydrogens is 366 g/mol. The molecule has 0 amide bonds. The summed E-state index contributed by atoms with van der Waals surface area (Å²) in [6.45, 7) is 0.743. The number of benzene rings is 2. The van der Waals surface area contributed by atoms with Gasteiger partial charge in [0.25, 0.3) is 0 Å². The van der Waals surface area contributed by atoms with Crippen LogP contribution in [0, 0.1) is 0 Å². The molecule has 4 aromatic rings. The molecule has 0 aliphatic carbocycles. The molecular formula is C20H16ClN3OS. The highest BCUT2D eigenvalue weighted by Gasteiger charge is 2.13. The molecule has 4 rings (SSSR count). The van der Waals surface area contributed by atoms with Crippen molar-refractivity contribution >= 4 is 39.0 Å². The van der Waals surface area contributed by atoms with Gasteiger partial charge in [0.05, 0.1) is 5.39 Å². The minimum absolute atomic E-state index is 0.282. The number of hydrogen-bond acceptors (Lipinski definition) is 5. The van der Waals surface area contributed by atoms with Gasteiger partial charge in [-0.1, -0.05) is 35.9 Å². The minimum Gasteiger partial charge on any atom is -0.508 e. The number of rotatable bonds is 5. The zero-order chi connectivity index (χ0) is 17.9. The van der Waals surface area contributed by atoms with Crippen LogP contribution < -0.4 is 5.32 Å². The number of aromatic nitrogens is 2. The van der Waals surface area contributed by atoms with Gasteiger partial charge in [-0.3, -0.25) is 0 Å². The Morgan fingerprint density at radius 1 is 1.00 bits per heavy atom. The Labute approximate surface area is 160 Å². The van der Waals surface area contributed by atoms with E-state index in [2.05, 4.69) is 20.7 Å². The van der Waals surface area contributed by atoms with Gasteiger partial charge in [-0.2, -0.15) is 0 Å². The molecule has 0 fully saturated rings. The molecule has 0 saturated carbocycles. The molecule has 26 heavy (non-hydrogen) atoms. The summed E-state index contributed by atoms with van der Waals surface area (Å²) in [6, 6.07) is 15.1. The molecule has 0 aliphatic heterocycles. The number of nitrogens with one attached hydrogen (secondary N) is 1. The zero-order valence-electron chi connectivity index (χ0n) is 13.8. The smallest absolute Gasteiger partial charge is 0.138 e. The maximum absolute atomic E-state index is 9.37. The Morgan fingerprint density at radius 3 is 2.54 bits per heavy atom. The van der Waals surface area contributed by atoms with Crippen molar-refractivity contribution in [1.82, 2.24) is 9.97 Å². The van der Waals surface area contributed by atoms with Gasteiger partial charge < -0.3 is 10.4 Å². The summed E-state index contributed by atoms with van der Waals surface area (Å²) in [5, 5.41) is 16.7. The third kappa shape index (κ3) is 3.49. The van der Waals surface area contributed by atoms with Crippen LogP contribution in [-0.4, -0.2) is 21.6 Å². The average Bonchev–Trinajstić information content (AvgIpc) is 3.09. The Kier molecular flexibility index (Phi) is 4.73. The molecule has 0 saturated heterocycles. The first-order valence-corrected chi connectivity index (χ1v) is 9.46. The Balaban J connectivity index is 1.59. The van der Waals surface area contributed by atoms with Crippen LogP contribution in [0.3, 0.4) is 0 Å². The second kappa shape index (κ2) is 7.32. The van der Waals surface area contributed by atoms with Crippen molar-refractivity contribution in [1.29, 1.82) is 0 Å². The third-order valence-corrected chi connectivity index (χ3v) is 5.31. The fourth-order valence-corrected chi connectivity index (χ4v) is 3.88. The molecule has 4 nitrogen and oxygen atoms in total. The van der Waals surface area contributed by atoms with E-state index >= 15 is 0 Å². The van der Waals surface area contributed by atoms with Gasteiger partial charge >= 0.3 is 0 Å². The Bertz CT molecular complexity index is 1030. The van der Waals surface area contributed by atoms with Crippen LogP contribution in [0.2, 0.25) is 5.02 Å². The summed E-state index contributed by atoms with van der Waals surface area (Å²) in [7, 11) is 0. The molecule has 0 spiro atoms. The van der Waals surface area contributed by atoms with Crippen molar-refractivity contribution in [2.75, 3.05) is 11.9 Å². The van der Waals surface area contributed by atoms with E-state index in [0.29, 0.717) is 0 Å². The number of anilines is 1. The molecule has 2 aromatic carbocycles. The molecule has 0 unspecified atom stereocenters. The van der Waals surface area contributed by atoms with Crippen LogP contribution in [0.25, 0.3) is 21.3 Å². The van der Waals surface area contributed by atoms with Crippen molar-refractivity contribution in [2.24, 2.45) is 0 Å². The number of phenols is 1. The highest BCUT2D eigenvalue weighted by Crippen LogP contribution is 2.36. The lowest BCUT2D eigenvalue weighted by Crippen LogP contribution is -2.06. The molecule has 2 aromatic heterocycles. The van der Waals surface area contributed by atoms with Crippen LogP contribution in [0.4, 0.5) is 5.82 Å². The second-order valence-electron chi connectivity index (χ2n) is 5.90. The van der Waals surface area contributed by atoms with Gasteiger partial charge in [0, 0.05) is 22.5 Å². The van der Waals surface area contributed by atoms with E-state index in [1.54, 1.807) is 29.8 Å². The van der Waals surface area contributed by atoms with Crippen LogP contribution >= 0.6 is 22.9 Å². The minimum atomic E-state index is 0.282. The number of hydrogen-bond donors (Lipinski definition) is 2. The van der Waals surface area contributed by atoms with E-state index < -0.39 is 0 Å². The highest BCUT2D eigenvalue weighted by atomic mass is 35.5. The number of fused-ring (bicyclic) bond motifs is 1. The quantitative estimate of drug-likeness (QED) is 0.487. The Hall–Kier alpha value is -2.63. The molecule has 0 atom stereocenters. The monoisotopic (exact) mass is 381 g/mol. The van der Waals surface area contributed by atoms with E-state index in [9.17, 15) is 5.11 Å². The lowest BCUT2D eigenvalue weighted by molar-refractivity contribution is 0.475. The van der Waals surface area contributed by atoms with Gasteiger partial charge in [0.2, 0.25) is 0 Å². The number of aromatic hydroxyl groups is 1. The summed E-state index contributed by atoms with van der Waals surface area (Å²) < 4.78 is 0. The van der Waals surface area contributed by atoms with Gasteiger partial charge in [0.1, 0.15) is 22.7 Å². The maximum atomic E-state index is 9.37. The zero-order valence-corrected chi connectivity index (χ0v) is 15.4. The Morgan fingerprint density at radius 2 is 1.77 bits per heavy atom. The van der Waals surface area contributed by atoms with Crippen molar-refractivity contribution in [3.63, 3.8) is 0 Å². The first-order chi connectivity index (χ1) is 12.7. The lowest BCUT2D eigenvalue weighted by atomic mass is 10.1. The van der Waals surface area contributed by atoms with Gasteiger partial charge in [-0.05, 0) is 41.8 Å². The molecule has 130 valence electrons. The molecule has 2 N–H and O–H groups in total. The third-order valence-electron chi connectivity index (χ3n) is 4.17. The largest absolute Gasteiger partial charge is 0.508 e. The fourth-order valence-electron chi connectivity index (χ4n) is 2.84. The van der Waals surface area contributed by atoms with Crippen molar-refractivity contribution in [2.45, 2.75) is 6.42 Å². The number of thiophene rings is 1. The maximum Gasteiger partial charge on any atom is 0.138 e. The second-order valence-corrected chi connectivity index (χ2v) is 7.20. The van der Waals surface area contributed by atoms with Crippen molar-refractivity contribution < 1.29 is 5.11 Å². The number of halogens is 1. The van der Waals surface area contributed by atoms with Gasteiger partial charge in [0.15, 0.2) is 0 Å². The fraction of sp³-hybridized carbons (Fsp3) is 0.100. The molecule has 6 heteroatoms. The van der Waals surface area contributed by atoms with Crippen molar-refractivity contribution in [3.05, 3.63) is 70.8 Å². The van der Waals surface area contributed by atoms with Crippen LogP contribution in [0.5, 0.6) is 5.75 Å². The van der Waals surface area contributed by atoms with E-state index in [1.807, 2.05) is 36.4 Å². The molecule has 2 heterocycles. The summed E-state index contributed by atoms with van der Waals surface area (Å²) >= 11 is 7.62. The van der Waals surface area contributed by atoms with E-state index in [4.69, 9.17) is 11.6 Å². The first kappa shape index (κ1) is 16.8. The number of phenolic OH excluding ortho intramolecular Hbond substituents is 1. The van der Waals surface area contributed by atoms with Gasteiger partial charge in [-0.25, -0.2) is 9.97 Å². The van der Waals surface area contributed by atoms with E-state index in [1.165, 1.54) is 0 Å².